The van der Waals surface area contributed by atoms with Crippen LogP contribution in [0.2, 0.25) is 0 Å². The van der Waals surface area contributed by atoms with Crippen molar-refractivity contribution < 1.29 is 14.3 Å². The Labute approximate surface area is 205 Å². The summed E-state index contributed by atoms with van der Waals surface area (Å²) in [6.45, 7) is 7.40. The summed E-state index contributed by atoms with van der Waals surface area (Å²) in [5.74, 6) is 1.79. The molecule has 0 spiro atoms. The van der Waals surface area contributed by atoms with Crippen LogP contribution in [0.5, 0.6) is 11.5 Å². The van der Waals surface area contributed by atoms with E-state index in [9.17, 15) is 9.59 Å². The number of nitrogens with one attached hydrogen (secondary N) is 2. The van der Waals surface area contributed by atoms with Crippen LogP contribution in [0.3, 0.4) is 0 Å². The first kappa shape index (κ1) is 23.2. The smallest absolute Gasteiger partial charge is 0.319 e. The van der Waals surface area contributed by atoms with Crippen LogP contribution >= 0.6 is 0 Å². The fourth-order valence-electron chi connectivity index (χ4n) is 4.51. The lowest BCUT2D eigenvalue weighted by atomic mass is 10.1. The Morgan fingerprint density at radius 1 is 1.17 bits per heavy atom. The van der Waals surface area contributed by atoms with Gasteiger partial charge in [-0.15, -0.1) is 0 Å². The van der Waals surface area contributed by atoms with Gasteiger partial charge in [0.2, 0.25) is 0 Å². The minimum absolute atomic E-state index is 0.0132. The number of amides is 3. The first-order valence-corrected chi connectivity index (χ1v) is 12.6. The van der Waals surface area contributed by atoms with Crippen molar-refractivity contribution in [3.63, 3.8) is 0 Å². The zero-order valence-electron chi connectivity index (χ0n) is 20.6. The Balaban J connectivity index is 1.42. The van der Waals surface area contributed by atoms with E-state index in [0.717, 1.165) is 61.0 Å². The maximum absolute atomic E-state index is 13.2. The van der Waals surface area contributed by atoms with Gasteiger partial charge in [-0.3, -0.25) is 4.79 Å². The Bertz CT molecular complexity index is 1260. The standard InChI is InChI=1S/C27H33N5O3/c1-4-14-31(5-2)26(33)22-16-32-25(17(22)3)24(12-13-28-32)35-20-10-11-23(21(15-20)18-6-7-18)30-27(34)29-19-8-9-19/h10-13,15-16,18-19H,4-9,14H2,1-3H3,(H2,29,30,34). The van der Waals surface area contributed by atoms with Crippen LogP contribution in [0.4, 0.5) is 10.5 Å². The molecule has 8 heteroatoms. The molecule has 0 radical (unpaired) electrons. The Morgan fingerprint density at radius 3 is 2.66 bits per heavy atom. The highest BCUT2D eigenvalue weighted by molar-refractivity contribution is 5.98. The summed E-state index contributed by atoms with van der Waals surface area (Å²) in [5.41, 5.74) is 4.20. The molecule has 0 aliphatic heterocycles. The van der Waals surface area contributed by atoms with Gasteiger partial charge in [0.1, 0.15) is 11.3 Å². The third-order valence-corrected chi connectivity index (χ3v) is 6.71. The molecule has 5 rings (SSSR count). The second-order valence-electron chi connectivity index (χ2n) is 9.54. The number of aryl methyl sites for hydroxylation is 1. The van der Waals surface area contributed by atoms with E-state index in [1.807, 2.05) is 43.0 Å². The van der Waals surface area contributed by atoms with Gasteiger partial charge in [0.05, 0.1) is 11.8 Å². The molecule has 2 heterocycles. The van der Waals surface area contributed by atoms with Crippen LogP contribution in [0, 0.1) is 6.92 Å². The van der Waals surface area contributed by atoms with E-state index in [2.05, 4.69) is 22.7 Å². The van der Waals surface area contributed by atoms with Gasteiger partial charge in [-0.2, -0.15) is 5.10 Å². The van der Waals surface area contributed by atoms with E-state index >= 15 is 0 Å². The molecule has 2 saturated carbocycles. The van der Waals surface area contributed by atoms with Gasteiger partial charge in [0.15, 0.2) is 5.75 Å². The number of benzene rings is 1. The lowest BCUT2D eigenvalue weighted by Gasteiger charge is -2.19. The van der Waals surface area contributed by atoms with Crippen LogP contribution in [0.25, 0.3) is 5.52 Å². The summed E-state index contributed by atoms with van der Waals surface area (Å²) in [6, 6.07) is 7.80. The molecule has 2 aliphatic rings. The number of ether oxygens (including phenoxy) is 1. The molecule has 3 amide bonds. The number of carbonyl (C=O) groups excluding carboxylic acids is 2. The highest BCUT2D eigenvalue weighted by atomic mass is 16.5. The maximum atomic E-state index is 13.2. The highest BCUT2D eigenvalue weighted by Gasteiger charge is 2.29. The number of nitrogens with zero attached hydrogens (tertiary/aromatic N) is 3. The summed E-state index contributed by atoms with van der Waals surface area (Å²) in [4.78, 5) is 27.3. The number of hydrogen-bond donors (Lipinski definition) is 2. The summed E-state index contributed by atoms with van der Waals surface area (Å²) < 4.78 is 8.06. The molecular weight excluding hydrogens is 442 g/mol. The molecule has 0 bridgehead atoms. The summed E-state index contributed by atoms with van der Waals surface area (Å²) >= 11 is 0. The van der Waals surface area contributed by atoms with Crippen molar-refractivity contribution in [2.75, 3.05) is 18.4 Å². The highest BCUT2D eigenvalue weighted by Crippen LogP contribution is 2.45. The molecule has 8 nitrogen and oxygen atoms in total. The summed E-state index contributed by atoms with van der Waals surface area (Å²) in [5, 5.41) is 10.4. The van der Waals surface area contributed by atoms with Crippen LogP contribution in [-0.2, 0) is 0 Å². The van der Waals surface area contributed by atoms with Crippen LogP contribution in [0.1, 0.15) is 73.4 Å². The summed E-state index contributed by atoms with van der Waals surface area (Å²) in [7, 11) is 0. The van der Waals surface area contributed by atoms with Crippen molar-refractivity contribution in [1.29, 1.82) is 0 Å². The molecule has 1 aromatic carbocycles. The van der Waals surface area contributed by atoms with E-state index in [4.69, 9.17) is 4.74 Å². The quantitative estimate of drug-likeness (QED) is 0.430. The fourth-order valence-corrected chi connectivity index (χ4v) is 4.51. The zero-order chi connectivity index (χ0) is 24.5. The zero-order valence-corrected chi connectivity index (χ0v) is 20.6. The number of urea groups is 1. The predicted molar refractivity (Wildman–Crippen MR) is 135 cm³/mol. The van der Waals surface area contributed by atoms with E-state index in [0.29, 0.717) is 35.6 Å². The van der Waals surface area contributed by atoms with E-state index in [1.54, 1.807) is 16.9 Å². The van der Waals surface area contributed by atoms with Crippen LogP contribution in [-0.4, -0.2) is 45.6 Å². The van der Waals surface area contributed by atoms with Gasteiger partial charge in [-0.1, -0.05) is 6.92 Å². The van der Waals surface area contributed by atoms with Crippen molar-refractivity contribution in [2.24, 2.45) is 0 Å². The predicted octanol–water partition coefficient (Wildman–Crippen LogP) is 5.47. The van der Waals surface area contributed by atoms with Crippen LogP contribution in [0.15, 0.2) is 36.7 Å². The van der Waals surface area contributed by atoms with Crippen molar-refractivity contribution in [1.82, 2.24) is 19.8 Å². The molecule has 184 valence electrons. The molecule has 3 aromatic rings. The van der Waals surface area contributed by atoms with Gasteiger partial charge < -0.3 is 20.3 Å². The van der Waals surface area contributed by atoms with Crippen molar-refractivity contribution in [3.8, 4) is 11.5 Å². The minimum Gasteiger partial charge on any atom is -0.455 e. The Morgan fingerprint density at radius 2 is 1.97 bits per heavy atom. The summed E-state index contributed by atoms with van der Waals surface area (Å²) in [6.07, 6.45) is 8.71. The van der Waals surface area contributed by atoms with Crippen LogP contribution < -0.4 is 15.4 Å². The first-order valence-electron chi connectivity index (χ1n) is 12.6. The lowest BCUT2D eigenvalue weighted by molar-refractivity contribution is 0.0764. The number of carbonyl (C=O) groups is 2. The average molecular weight is 476 g/mol. The molecule has 2 N–H and O–H groups in total. The molecule has 0 unspecified atom stereocenters. The van der Waals surface area contributed by atoms with Gasteiger partial charge in [0, 0.05) is 37.1 Å². The fraction of sp³-hybridized carbons (Fsp3) is 0.444. The molecule has 0 atom stereocenters. The van der Waals surface area contributed by atoms with Gasteiger partial charge >= 0.3 is 6.03 Å². The third kappa shape index (κ3) is 4.97. The van der Waals surface area contributed by atoms with E-state index in [-0.39, 0.29) is 11.9 Å². The SMILES string of the molecule is CCCN(CC)C(=O)c1cn2nccc(Oc3ccc(NC(=O)NC4CC4)c(C4CC4)c3)c2c1C. The van der Waals surface area contributed by atoms with Crippen molar-refractivity contribution >= 4 is 23.1 Å². The number of anilines is 1. The lowest BCUT2D eigenvalue weighted by Crippen LogP contribution is -2.31. The maximum Gasteiger partial charge on any atom is 0.319 e. The molecular formula is C27H33N5O3. The number of aromatic nitrogens is 2. The van der Waals surface area contributed by atoms with E-state index in [1.165, 1.54) is 0 Å². The number of fused-ring (bicyclic) bond motifs is 1. The third-order valence-electron chi connectivity index (χ3n) is 6.71. The average Bonchev–Trinajstić information content (AvgIpc) is 3.78. The minimum atomic E-state index is -0.149. The molecule has 35 heavy (non-hydrogen) atoms. The first-order chi connectivity index (χ1) is 17.0. The Kier molecular flexibility index (Phi) is 6.36. The Hall–Kier alpha value is -3.55. The molecule has 2 fully saturated rings. The van der Waals surface area contributed by atoms with Crippen molar-refractivity contribution in [2.45, 2.75) is 64.8 Å². The van der Waals surface area contributed by atoms with E-state index < -0.39 is 0 Å². The molecule has 2 aliphatic carbocycles. The number of hydrogen-bond acceptors (Lipinski definition) is 4. The topological polar surface area (TPSA) is 88.0 Å². The van der Waals surface area contributed by atoms with Crippen molar-refractivity contribution in [3.05, 3.63) is 53.3 Å². The molecule has 2 aromatic heterocycles. The van der Waals surface area contributed by atoms with Gasteiger partial charge in [0.25, 0.3) is 5.91 Å². The second kappa shape index (κ2) is 9.60. The monoisotopic (exact) mass is 475 g/mol. The van der Waals surface area contributed by atoms with Gasteiger partial charge in [-0.05, 0) is 81.2 Å². The normalized spacial score (nSPS) is 15.2. The molecule has 0 saturated heterocycles. The van der Waals surface area contributed by atoms with Gasteiger partial charge in [-0.25, -0.2) is 9.31 Å². The second-order valence-corrected chi connectivity index (χ2v) is 9.54. The largest absolute Gasteiger partial charge is 0.455 e. The number of rotatable bonds is 9.